The molecule has 3 rings (SSSR count). The summed E-state index contributed by atoms with van der Waals surface area (Å²) in [6.45, 7) is 5.14. The smallest absolute Gasteiger partial charge is 0.325 e. The van der Waals surface area contributed by atoms with Crippen LogP contribution >= 0.6 is 0 Å². The lowest BCUT2D eigenvalue weighted by Crippen LogP contribution is -2.41. The second-order valence-electron chi connectivity index (χ2n) is 6.92. The number of aryl methyl sites for hydroxylation is 2. The SMILES string of the molecule is COc1ccc(C2(C)NC(=O)N(CC(=O)c3ccc(C)cc3)C2=O)cc1C. The summed E-state index contributed by atoms with van der Waals surface area (Å²) in [5, 5.41) is 2.72. The molecule has 140 valence electrons. The minimum absolute atomic E-state index is 0.284. The third-order valence-corrected chi connectivity index (χ3v) is 4.92. The van der Waals surface area contributed by atoms with Gasteiger partial charge in [-0.1, -0.05) is 35.9 Å². The summed E-state index contributed by atoms with van der Waals surface area (Å²) in [5.41, 5.74) is 1.78. The van der Waals surface area contributed by atoms with E-state index in [1.807, 2.05) is 32.0 Å². The number of amides is 3. The summed E-state index contributed by atoms with van der Waals surface area (Å²) in [5.74, 6) is -0.0308. The summed E-state index contributed by atoms with van der Waals surface area (Å²) in [4.78, 5) is 38.9. The van der Waals surface area contributed by atoms with Crippen molar-refractivity contribution in [2.24, 2.45) is 0 Å². The predicted octanol–water partition coefficient (Wildman–Crippen LogP) is 2.96. The topological polar surface area (TPSA) is 75.7 Å². The average Bonchev–Trinajstić information content (AvgIpc) is 2.86. The first-order chi connectivity index (χ1) is 12.8. The van der Waals surface area contributed by atoms with Gasteiger partial charge in [-0.15, -0.1) is 0 Å². The minimum atomic E-state index is -1.22. The number of imide groups is 1. The highest BCUT2D eigenvalue weighted by atomic mass is 16.5. The number of rotatable bonds is 5. The largest absolute Gasteiger partial charge is 0.496 e. The van der Waals surface area contributed by atoms with Crippen LogP contribution in [0.2, 0.25) is 0 Å². The summed E-state index contributed by atoms with van der Waals surface area (Å²) < 4.78 is 5.25. The third-order valence-electron chi connectivity index (χ3n) is 4.92. The fourth-order valence-corrected chi connectivity index (χ4v) is 3.20. The number of Topliss-reactive ketones (excluding diaryl/α,β-unsaturated/α-hetero) is 1. The molecule has 0 radical (unpaired) electrons. The zero-order chi connectivity index (χ0) is 19.8. The van der Waals surface area contributed by atoms with Crippen LogP contribution in [-0.2, 0) is 10.3 Å². The van der Waals surface area contributed by atoms with Crippen LogP contribution in [-0.4, -0.2) is 36.3 Å². The normalized spacial score (nSPS) is 19.2. The molecule has 0 aliphatic carbocycles. The molecule has 2 aromatic carbocycles. The first-order valence-corrected chi connectivity index (χ1v) is 8.65. The van der Waals surface area contributed by atoms with Crippen molar-refractivity contribution >= 4 is 17.7 Å². The van der Waals surface area contributed by atoms with E-state index in [0.717, 1.165) is 16.0 Å². The van der Waals surface area contributed by atoms with Gasteiger partial charge in [0.2, 0.25) is 0 Å². The second kappa shape index (κ2) is 6.87. The van der Waals surface area contributed by atoms with Gasteiger partial charge in [0.25, 0.3) is 5.91 Å². The number of nitrogens with one attached hydrogen (secondary N) is 1. The maximum Gasteiger partial charge on any atom is 0.325 e. The number of ether oxygens (including phenoxy) is 1. The van der Waals surface area contributed by atoms with Gasteiger partial charge in [-0.3, -0.25) is 14.5 Å². The molecular formula is C21H22N2O4. The lowest BCUT2D eigenvalue weighted by atomic mass is 9.90. The fraction of sp³-hybridized carbons (Fsp3) is 0.286. The van der Waals surface area contributed by atoms with Gasteiger partial charge in [-0.2, -0.15) is 0 Å². The molecule has 1 atom stereocenters. The zero-order valence-electron chi connectivity index (χ0n) is 15.8. The number of carbonyl (C=O) groups excluding carboxylic acids is 3. The first-order valence-electron chi connectivity index (χ1n) is 8.65. The molecule has 1 aliphatic rings. The summed E-state index contributed by atoms with van der Waals surface area (Å²) in [6, 6.07) is 11.8. The molecule has 1 heterocycles. The first kappa shape index (κ1) is 18.6. The van der Waals surface area contributed by atoms with E-state index in [-0.39, 0.29) is 12.3 Å². The highest BCUT2D eigenvalue weighted by Crippen LogP contribution is 2.31. The molecule has 6 nitrogen and oxygen atoms in total. The molecular weight excluding hydrogens is 344 g/mol. The Labute approximate surface area is 158 Å². The quantitative estimate of drug-likeness (QED) is 0.652. The van der Waals surface area contributed by atoms with Crippen LogP contribution in [0.4, 0.5) is 4.79 Å². The molecule has 1 saturated heterocycles. The van der Waals surface area contributed by atoms with E-state index in [0.29, 0.717) is 16.9 Å². The predicted molar refractivity (Wildman–Crippen MR) is 101 cm³/mol. The Bertz CT molecular complexity index is 920. The van der Waals surface area contributed by atoms with Crippen LogP contribution in [0.3, 0.4) is 0 Å². The van der Waals surface area contributed by atoms with E-state index in [2.05, 4.69) is 5.32 Å². The summed E-state index contributed by atoms with van der Waals surface area (Å²) in [7, 11) is 1.57. The number of benzene rings is 2. The van der Waals surface area contributed by atoms with Crippen LogP contribution in [0.15, 0.2) is 42.5 Å². The van der Waals surface area contributed by atoms with Crippen LogP contribution in [0.1, 0.15) is 34.0 Å². The maximum absolute atomic E-state index is 13.0. The van der Waals surface area contributed by atoms with Crippen LogP contribution < -0.4 is 10.1 Å². The van der Waals surface area contributed by atoms with Gasteiger partial charge in [0.05, 0.1) is 13.7 Å². The number of hydrogen-bond acceptors (Lipinski definition) is 4. The van der Waals surface area contributed by atoms with E-state index < -0.39 is 17.5 Å². The Morgan fingerprint density at radius 2 is 1.78 bits per heavy atom. The zero-order valence-corrected chi connectivity index (χ0v) is 15.8. The van der Waals surface area contributed by atoms with Gasteiger partial charge in [0.15, 0.2) is 5.78 Å². The van der Waals surface area contributed by atoms with E-state index in [1.165, 1.54) is 0 Å². The van der Waals surface area contributed by atoms with Crippen LogP contribution in [0.25, 0.3) is 0 Å². The molecule has 0 aromatic heterocycles. The number of urea groups is 1. The molecule has 0 saturated carbocycles. The number of carbonyl (C=O) groups is 3. The minimum Gasteiger partial charge on any atom is -0.496 e. The molecule has 3 amide bonds. The highest BCUT2D eigenvalue weighted by Gasteiger charge is 2.49. The summed E-state index contributed by atoms with van der Waals surface area (Å²) in [6.07, 6.45) is 0. The van der Waals surface area contributed by atoms with Crippen LogP contribution in [0.5, 0.6) is 5.75 Å². The lowest BCUT2D eigenvalue weighted by molar-refractivity contribution is -0.130. The highest BCUT2D eigenvalue weighted by molar-refractivity contribution is 6.11. The van der Waals surface area contributed by atoms with Crippen molar-refractivity contribution in [3.63, 3.8) is 0 Å². The molecule has 1 fully saturated rings. The fourth-order valence-electron chi connectivity index (χ4n) is 3.20. The Balaban J connectivity index is 1.84. The van der Waals surface area contributed by atoms with Gasteiger partial charge < -0.3 is 10.1 Å². The molecule has 0 spiro atoms. The van der Waals surface area contributed by atoms with Crippen molar-refractivity contribution in [3.8, 4) is 5.75 Å². The Morgan fingerprint density at radius 3 is 2.37 bits per heavy atom. The van der Waals surface area contributed by atoms with E-state index in [9.17, 15) is 14.4 Å². The van der Waals surface area contributed by atoms with E-state index in [4.69, 9.17) is 4.74 Å². The standard InChI is InChI=1S/C21H22N2O4/c1-13-5-7-15(8-6-13)17(24)12-23-19(25)21(3,22-20(23)26)16-9-10-18(27-4)14(2)11-16/h5-11H,12H2,1-4H3,(H,22,26). The maximum atomic E-state index is 13.0. The van der Waals surface area contributed by atoms with Crippen molar-refractivity contribution in [2.75, 3.05) is 13.7 Å². The Hall–Kier alpha value is -3.15. The van der Waals surface area contributed by atoms with Crippen molar-refractivity contribution in [1.29, 1.82) is 0 Å². The second-order valence-corrected chi connectivity index (χ2v) is 6.92. The number of nitrogens with zero attached hydrogens (tertiary/aromatic N) is 1. The molecule has 27 heavy (non-hydrogen) atoms. The lowest BCUT2D eigenvalue weighted by Gasteiger charge is -2.23. The molecule has 1 unspecified atom stereocenters. The van der Waals surface area contributed by atoms with Crippen molar-refractivity contribution in [2.45, 2.75) is 26.3 Å². The molecule has 1 aliphatic heterocycles. The average molecular weight is 366 g/mol. The van der Waals surface area contributed by atoms with Gasteiger partial charge in [-0.05, 0) is 44.0 Å². The van der Waals surface area contributed by atoms with Gasteiger partial charge >= 0.3 is 6.03 Å². The van der Waals surface area contributed by atoms with E-state index in [1.54, 1.807) is 38.3 Å². The Morgan fingerprint density at radius 1 is 1.11 bits per heavy atom. The monoisotopic (exact) mass is 366 g/mol. The van der Waals surface area contributed by atoms with Gasteiger partial charge in [0, 0.05) is 5.56 Å². The molecule has 2 aromatic rings. The summed E-state index contributed by atoms with van der Waals surface area (Å²) >= 11 is 0. The number of methoxy groups -OCH3 is 1. The van der Waals surface area contributed by atoms with Crippen molar-refractivity contribution < 1.29 is 19.1 Å². The molecule has 6 heteroatoms. The van der Waals surface area contributed by atoms with Gasteiger partial charge in [-0.25, -0.2) is 4.79 Å². The molecule has 1 N–H and O–H groups in total. The third kappa shape index (κ3) is 3.30. The van der Waals surface area contributed by atoms with E-state index >= 15 is 0 Å². The van der Waals surface area contributed by atoms with Gasteiger partial charge in [0.1, 0.15) is 11.3 Å². The number of ketones is 1. The number of hydrogen-bond donors (Lipinski definition) is 1. The molecule has 0 bridgehead atoms. The Kier molecular flexibility index (Phi) is 4.74. The van der Waals surface area contributed by atoms with Crippen molar-refractivity contribution in [1.82, 2.24) is 10.2 Å². The van der Waals surface area contributed by atoms with Crippen molar-refractivity contribution in [3.05, 3.63) is 64.7 Å². The van der Waals surface area contributed by atoms with Crippen LogP contribution in [0, 0.1) is 13.8 Å².